The van der Waals surface area contributed by atoms with Gasteiger partial charge in [-0.1, -0.05) is 12.1 Å². The lowest BCUT2D eigenvalue weighted by Gasteiger charge is -2.07. The SMILES string of the molecule is Fc1cc2nsnc2cc1-c1cccc2c1OCO2. The fraction of sp³-hybridized carbons (Fsp3) is 0.0769. The third-order valence-corrected chi connectivity index (χ3v) is 3.59. The van der Waals surface area contributed by atoms with E-state index in [0.717, 1.165) is 11.7 Å². The molecular weight excluding hydrogens is 267 g/mol. The predicted octanol–water partition coefficient (Wildman–Crippen LogP) is 3.23. The van der Waals surface area contributed by atoms with Crippen LogP contribution in [0.15, 0.2) is 30.3 Å². The van der Waals surface area contributed by atoms with Crippen molar-refractivity contribution in [3.8, 4) is 22.6 Å². The van der Waals surface area contributed by atoms with Gasteiger partial charge in [-0.15, -0.1) is 0 Å². The van der Waals surface area contributed by atoms with E-state index in [0.29, 0.717) is 33.7 Å². The van der Waals surface area contributed by atoms with Crippen LogP contribution in [0.1, 0.15) is 0 Å². The van der Waals surface area contributed by atoms with Crippen molar-refractivity contribution >= 4 is 22.8 Å². The monoisotopic (exact) mass is 274 g/mol. The van der Waals surface area contributed by atoms with E-state index in [9.17, 15) is 4.39 Å². The molecule has 0 radical (unpaired) electrons. The molecule has 0 bridgehead atoms. The third-order valence-electron chi connectivity index (χ3n) is 3.03. The highest BCUT2D eigenvalue weighted by Gasteiger charge is 2.21. The quantitative estimate of drug-likeness (QED) is 0.683. The molecular formula is C13H7FN2O2S. The van der Waals surface area contributed by atoms with Gasteiger partial charge in [-0.3, -0.25) is 0 Å². The Morgan fingerprint density at radius 2 is 1.89 bits per heavy atom. The molecule has 4 nitrogen and oxygen atoms in total. The van der Waals surface area contributed by atoms with Gasteiger partial charge in [0.2, 0.25) is 6.79 Å². The van der Waals surface area contributed by atoms with Crippen molar-refractivity contribution in [2.75, 3.05) is 6.79 Å². The van der Waals surface area contributed by atoms with E-state index in [1.807, 2.05) is 6.07 Å². The molecule has 1 aromatic heterocycles. The molecule has 2 aromatic carbocycles. The molecule has 94 valence electrons. The maximum Gasteiger partial charge on any atom is 0.231 e. The number of benzene rings is 2. The maximum absolute atomic E-state index is 14.2. The number of aromatic nitrogens is 2. The highest BCUT2D eigenvalue weighted by atomic mass is 32.1. The summed E-state index contributed by atoms with van der Waals surface area (Å²) in [6.45, 7) is 0.161. The van der Waals surface area contributed by atoms with Gasteiger partial charge in [0.05, 0.1) is 11.7 Å². The first kappa shape index (κ1) is 10.7. The van der Waals surface area contributed by atoms with Crippen molar-refractivity contribution in [1.29, 1.82) is 0 Å². The van der Waals surface area contributed by atoms with E-state index in [2.05, 4.69) is 8.75 Å². The van der Waals surface area contributed by atoms with Crippen molar-refractivity contribution in [2.24, 2.45) is 0 Å². The molecule has 0 spiro atoms. The van der Waals surface area contributed by atoms with Crippen LogP contribution in [0.4, 0.5) is 4.39 Å². The summed E-state index contributed by atoms with van der Waals surface area (Å²) in [4.78, 5) is 0. The lowest BCUT2D eigenvalue weighted by molar-refractivity contribution is 0.174. The fourth-order valence-corrected chi connectivity index (χ4v) is 2.66. The Morgan fingerprint density at radius 1 is 1.05 bits per heavy atom. The summed E-state index contributed by atoms with van der Waals surface area (Å²) in [6, 6.07) is 8.49. The van der Waals surface area contributed by atoms with Crippen molar-refractivity contribution in [2.45, 2.75) is 0 Å². The first-order valence-electron chi connectivity index (χ1n) is 5.64. The first-order chi connectivity index (χ1) is 9.33. The van der Waals surface area contributed by atoms with Crippen LogP contribution in [-0.2, 0) is 0 Å². The molecule has 2 heterocycles. The summed E-state index contributed by atoms with van der Waals surface area (Å²) >= 11 is 1.07. The molecule has 19 heavy (non-hydrogen) atoms. The van der Waals surface area contributed by atoms with Crippen LogP contribution in [0, 0.1) is 5.82 Å². The second-order valence-electron chi connectivity index (χ2n) is 4.12. The zero-order valence-electron chi connectivity index (χ0n) is 9.59. The number of ether oxygens (including phenoxy) is 2. The molecule has 0 saturated carbocycles. The van der Waals surface area contributed by atoms with Crippen LogP contribution in [0.3, 0.4) is 0 Å². The van der Waals surface area contributed by atoms with Gasteiger partial charge in [0, 0.05) is 17.2 Å². The van der Waals surface area contributed by atoms with Gasteiger partial charge < -0.3 is 9.47 Å². The predicted molar refractivity (Wildman–Crippen MR) is 68.9 cm³/mol. The summed E-state index contributed by atoms with van der Waals surface area (Å²) < 4.78 is 33.1. The number of nitrogens with zero attached hydrogens (tertiary/aromatic N) is 2. The largest absolute Gasteiger partial charge is 0.454 e. The third kappa shape index (κ3) is 1.57. The van der Waals surface area contributed by atoms with Crippen LogP contribution >= 0.6 is 11.7 Å². The summed E-state index contributed by atoms with van der Waals surface area (Å²) in [5, 5.41) is 0. The second kappa shape index (κ2) is 3.89. The van der Waals surface area contributed by atoms with Crippen molar-refractivity contribution < 1.29 is 13.9 Å². The molecule has 6 heteroatoms. The summed E-state index contributed by atoms with van der Waals surface area (Å²) in [5.41, 5.74) is 2.36. The van der Waals surface area contributed by atoms with Crippen molar-refractivity contribution in [1.82, 2.24) is 8.75 Å². The zero-order valence-corrected chi connectivity index (χ0v) is 10.4. The lowest BCUT2D eigenvalue weighted by Crippen LogP contribution is -1.94. The average Bonchev–Trinajstić information content (AvgIpc) is 3.04. The van der Waals surface area contributed by atoms with Crippen LogP contribution in [0.2, 0.25) is 0 Å². The van der Waals surface area contributed by atoms with Crippen molar-refractivity contribution in [3.63, 3.8) is 0 Å². The summed E-state index contributed by atoms with van der Waals surface area (Å²) in [5.74, 6) is 0.862. The van der Waals surface area contributed by atoms with E-state index < -0.39 is 0 Å². The van der Waals surface area contributed by atoms with Gasteiger partial charge in [0.1, 0.15) is 16.9 Å². The van der Waals surface area contributed by atoms with E-state index in [1.165, 1.54) is 6.07 Å². The Bertz CT molecular complexity index is 787. The molecule has 0 N–H and O–H groups in total. The first-order valence-corrected chi connectivity index (χ1v) is 6.37. The Labute approximate surface area is 111 Å². The summed E-state index contributed by atoms with van der Waals surface area (Å²) in [7, 11) is 0. The van der Waals surface area contributed by atoms with E-state index >= 15 is 0 Å². The molecule has 0 saturated heterocycles. The Morgan fingerprint density at radius 3 is 2.79 bits per heavy atom. The molecule has 1 aliphatic rings. The second-order valence-corrected chi connectivity index (χ2v) is 4.65. The zero-order chi connectivity index (χ0) is 12.8. The lowest BCUT2D eigenvalue weighted by atomic mass is 10.0. The fourth-order valence-electron chi connectivity index (χ4n) is 2.15. The Balaban J connectivity index is 1.99. The molecule has 0 amide bonds. The van der Waals surface area contributed by atoms with Gasteiger partial charge in [-0.2, -0.15) is 8.75 Å². The minimum Gasteiger partial charge on any atom is -0.454 e. The number of para-hydroxylation sites is 1. The topological polar surface area (TPSA) is 44.2 Å². The van der Waals surface area contributed by atoms with Crippen LogP contribution in [-0.4, -0.2) is 15.5 Å². The van der Waals surface area contributed by atoms with E-state index in [-0.39, 0.29) is 12.6 Å². The van der Waals surface area contributed by atoms with Gasteiger partial charge in [-0.25, -0.2) is 4.39 Å². The maximum atomic E-state index is 14.2. The number of hydrogen-bond donors (Lipinski definition) is 0. The molecule has 0 fully saturated rings. The number of fused-ring (bicyclic) bond motifs is 2. The number of hydrogen-bond acceptors (Lipinski definition) is 5. The minimum atomic E-state index is -0.343. The molecule has 0 unspecified atom stereocenters. The van der Waals surface area contributed by atoms with Crippen LogP contribution < -0.4 is 9.47 Å². The minimum absolute atomic E-state index is 0.161. The number of halogens is 1. The smallest absolute Gasteiger partial charge is 0.231 e. The molecule has 1 aliphatic heterocycles. The molecule has 3 aromatic rings. The summed E-state index contributed by atoms with van der Waals surface area (Å²) in [6.07, 6.45) is 0. The highest BCUT2D eigenvalue weighted by Crippen LogP contribution is 2.42. The van der Waals surface area contributed by atoms with Gasteiger partial charge >= 0.3 is 0 Å². The van der Waals surface area contributed by atoms with Gasteiger partial charge in [0.15, 0.2) is 11.5 Å². The van der Waals surface area contributed by atoms with Crippen LogP contribution in [0.25, 0.3) is 22.2 Å². The molecule has 0 aliphatic carbocycles. The van der Waals surface area contributed by atoms with Crippen molar-refractivity contribution in [3.05, 3.63) is 36.1 Å². The normalized spacial score (nSPS) is 13.1. The number of rotatable bonds is 1. The average molecular weight is 274 g/mol. The highest BCUT2D eigenvalue weighted by molar-refractivity contribution is 7.00. The van der Waals surface area contributed by atoms with E-state index in [1.54, 1.807) is 18.2 Å². The molecule has 4 rings (SSSR count). The Kier molecular flexibility index (Phi) is 2.19. The van der Waals surface area contributed by atoms with Gasteiger partial charge in [-0.05, 0) is 12.1 Å². The molecule has 0 atom stereocenters. The van der Waals surface area contributed by atoms with Gasteiger partial charge in [0.25, 0.3) is 0 Å². The van der Waals surface area contributed by atoms with Crippen LogP contribution in [0.5, 0.6) is 11.5 Å². The Hall–Kier alpha value is -2.21. The standard InChI is InChI=1S/C13H7FN2O2S/c14-9-5-11-10(15-19-16-11)4-8(9)7-2-1-3-12-13(7)18-6-17-12/h1-5H,6H2. The van der Waals surface area contributed by atoms with E-state index in [4.69, 9.17) is 9.47 Å².